The number of hydrogen-bond donors (Lipinski definition) is 2. The van der Waals surface area contributed by atoms with Crippen LogP contribution in [0, 0.1) is 0 Å². The third-order valence-electron chi connectivity index (χ3n) is 2.86. The summed E-state index contributed by atoms with van der Waals surface area (Å²) in [6.07, 6.45) is 0. The summed E-state index contributed by atoms with van der Waals surface area (Å²) in [6, 6.07) is 5.41. The summed E-state index contributed by atoms with van der Waals surface area (Å²) in [6.45, 7) is 5.66. The molecule has 0 bridgehead atoms. The van der Waals surface area contributed by atoms with Crippen molar-refractivity contribution >= 4 is 51.1 Å². The molecule has 0 amide bonds. The lowest BCUT2D eigenvalue weighted by molar-refractivity contribution is 0.816. The first-order chi connectivity index (χ1) is 10.0. The number of nitrogens with zero attached hydrogens (tertiary/aromatic N) is 4. The summed E-state index contributed by atoms with van der Waals surface area (Å²) in [7, 11) is 0. The van der Waals surface area contributed by atoms with Crippen LogP contribution in [0.25, 0.3) is 0 Å². The summed E-state index contributed by atoms with van der Waals surface area (Å²) < 4.78 is 0.818. The fourth-order valence-electron chi connectivity index (χ4n) is 1.80. The minimum Gasteiger partial charge on any atom is -0.368 e. The average Bonchev–Trinajstić information content (AvgIpc) is 2.43. The van der Waals surface area contributed by atoms with Crippen LogP contribution in [-0.4, -0.2) is 28.0 Å². The van der Waals surface area contributed by atoms with E-state index >= 15 is 0 Å². The molecule has 21 heavy (non-hydrogen) atoms. The maximum Gasteiger partial charge on any atom is 0.233 e. The second-order valence-electron chi connectivity index (χ2n) is 4.24. The number of anilines is 4. The molecule has 2 aromatic rings. The Morgan fingerprint density at radius 2 is 1.95 bits per heavy atom. The monoisotopic (exact) mass is 370 g/mol. The van der Waals surface area contributed by atoms with Crippen LogP contribution in [0.5, 0.6) is 0 Å². The fourth-order valence-corrected chi connectivity index (χ4v) is 2.58. The van der Waals surface area contributed by atoms with Gasteiger partial charge >= 0.3 is 0 Å². The fraction of sp³-hybridized carbons (Fsp3) is 0.308. The lowest BCUT2D eigenvalue weighted by Gasteiger charge is -2.19. The number of halogens is 2. The van der Waals surface area contributed by atoms with Gasteiger partial charge in [0.25, 0.3) is 0 Å². The SMILES string of the molecule is CCN(CC)c1nc(N)nc(Nc2ccc(Cl)cc2Br)n1. The molecule has 1 aromatic carbocycles. The molecular formula is C13H16BrClN6. The van der Waals surface area contributed by atoms with Gasteiger partial charge in [-0.2, -0.15) is 15.0 Å². The molecular weight excluding hydrogens is 356 g/mol. The Labute approximate surface area is 136 Å². The summed E-state index contributed by atoms with van der Waals surface area (Å²) >= 11 is 9.36. The average molecular weight is 372 g/mol. The van der Waals surface area contributed by atoms with Crippen LogP contribution in [0.3, 0.4) is 0 Å². The van der Waals surface area contributed by atoms with E-state index in [-0.39, 0.29) is 5.95 Å². The molecule has 0 saturated carbocycles. The highest BCUT2D eigenvalue weighted by Gasteiger charge is 2.11. The van der Waals surface area contributed by atoms with Crippen molar-refractivity contribution in [3.05, 3.63) is 27.7 Å². The second kappa shape index (κ2) is 6.91. The third-order valence-corrected chi connectivity index (χ3v) is 3.76. The van der Waals surface area contributed by atoms with Gasteiger partial charge in [-0.1, -0.05) is 11.6 Å². The van der Waals surface area contributed by atoms with E-state index in [0.29, 0.717) is 16.9 Å². The molecule has 0 fully saturated rings. The Kier molecular flexibility index (Phi) is 5.19. The van der Waals surface area contributed by atoms with Crippen LogP contribution in [0.2, 0.25) is 5.02 Å². The number of benzene rings is 1. The maximum absolute atomic E-state index is 5.92. The maximum atomic E-state index is 5.92. The molecule has 6 nitrogen and oxygen atoms in total. The minimum atomic E-state index is 0.180. The van der Waals surface area contributed by atoms with Crippen LogP contribution in [0.15, 0.2) is 22.7 Å². The molecule has 2 rings (SSSR count). The number of rotatable bonds is 5. The summed E-state index contributed by atoms with van der Waals surface area (Å²) in [5, 5.41) is 3.75. The zero-order chi connectivity index (χ0) is 15.4. The van der Waals surface area contributed by atoms with Gasteiger partial charge in [-0.15, -0.1) is 0 Å². The van der Waals surface area contributed by atoms with Crippen LogP contribution in [0.4, 0.5) is 23.5 Å². The largest absolute Gasteiger partial charge is 0.368 e. The van der Waals surface area contributed by atoms with Gasteiger partial charge < -0.3 is 16.0 Å². The van der Waals surface area contributed by atoms with Crippen molar-refractivity contribution in [1.82, 2.24) is 15.0 Å². The number of nitrogen functional groups attached to an aromatic ring is 1. The van der Waals surface area contributed by atoms with Gasteiger partial charge in [0.2, 0.25) is 17.8 Å². The minimum absolute atomic E-state index is 0.180. The third kappa shape index (κ3) is 3.95. The molecule has 0 aliphatic heterocycles. The first-order valence-electron chi connectivity index (χ1n) is 6.52. The highest BCUT2D eigenvalue weighted by Crippen LogP contribution is 2.28. The van der Waals surface area contributed by atoms with E-state index in [1.165, 1.54) is 0 Å². The Bertz CT molecular complexity index is 632. The van der Waals surface area contributed by atoms with Crippen LogP contribution in [-0.2, 0) is 0 Å². The van der Waals surface area contributed by atoms with E-state index in [1.807, 2.05) is 24.8 Å². The predicted octanol–water partition coefficient (Wildman–Crippen LogP) is 3.46. The molecule has 0 saturated heterocycles. The van der Waals surface area contributed by atoms with Gasteiger partial charge in [-0.05, 0) is 48.0 Å². The van der Waals surface area contributed by atoms with E-state index in [4.69, 9.17) is 17.3 Å². The highest BCUT2D eigenvalue weighted by atomic mass is 79.9. The van der Waals surface area contributed by atoms with Crippen molar-refractivity contribution in [3.8, 4) is 0 Å². The van der Waals surface area contributed by atoms with Crippen molar-refractivity contribution in [3.63, 3.8) is 0 Å². The molecule has 112 valence electrons. The van der Waals surface area contributed by atoms with E-state index in [1.54, 1.807) is 12.1 Å². The molecule has 1 heterocycles. The highest BCUT2D eigenvalue weighted by molar-refractivity contribution is 9.10. The topological polar surface area (TPSA) is 80.0 Å². The van der Waals surface area contributed by atoms with Crippen molar-refractivity contribution in [1.29, 1.82) is 0 Å². The Hall–Kier alpha value is -1.60. The van der Waals surface area contributed by atoms with Crippen molar-refractivity contribution < 1.29 is 0 Å². The molecule has 0 aliphatic carbocycles. The Morgan fingerprint density at radius 1 is 1.24 bits per heavy atom. The van der Waals surface area contributed by atoms with Gasteiger partial charge in [0.15, 0.2) is 0 Å². The van der Waals surface area contributed by atoms with Gasteiger partial charge in [-0.3, -0.25) is 0 Å². The summed E-state index contributed by atoms with van der Waals surface area (Å²) in [4.78, 5) is 14.7. The van der Waals surface area contributed by atoms with E-state index in [9.17, 15) is 0 Å². The molecule has 8 heteroatoms. The first kappa shape index (κ1) is 15.8. The van der Waals surface area contributed by atoms with E-state index in [2.05, 4.69) is 36.2 Å². The molecule has 0 unspecified atom stereocenters. The summed E-state index contributed by atoms with van der Waals surface area (Å²) in [5.41, 5.74) is 6.56. The molecule has 0 aliphatic rings. The zero-order valence-electron chi connectivity index (χ0n) is 11.8. The predicted molar refractivity (Wildman–Crippen MR) is 90.2 cm³/mol. The molecule has 3 N–H and O–H groups in total. The van der Waals surface area contributed by atoms with Crippen molar-refractivity contribution in [2.75, 3.05) is 29.0 Å². The molecule has 1 aromatic heterocycles. The molecule has 0 spiro atoms. The zero-order valence-corrected chi connectivity index (χ0v) is 14.1. The van der Waals surface area contributed by atoms with Crippen LogP contribution in [0.1, 0.15) is 13.8 Å². The normalized spacial score (nSPS) is 10.5. The van der Waals surface area contributed by atoms with Gasteiger partial charge in [0.05, 0.1) is 5.69 Å². The molecule has 0 radical (unpaired) electrons. The Morgan fingerprint density at radius 3 is 2.57 bits per heavy atom. The lowest BCUT2D eigenvalue weighted by atomic mass is 10.3. The number of nitrogens with two attached hydrogens (primary N) is 1. The lowest BCUT2D eigenvalue weighted by Crippen LogP contribution is -2.25. The first-order valence-corrected chi connectivity index (χ1v) is 7.69. The second-order valence-corrected chi connectivity index (χ2v) is 5.53. The van der Waals surface area contributed by atoms with Crippen molar-refractivity contribution in [2.45, 2.75) is 13.8 Å². The quantitative estimate of drug-likeness (QED) is 0.838. The van der Waals surface area contributed by atoms with Crippen LogP contribution < -0.4 is 16.0 Å². The van der Waals surface area contributed by atoms with Gasteiger partial charge in [0, 0.05) is 22.6 Å². The number of hydrogen-bond acceptors (Lipinski definition) is 6. The van der Waals surface area contributed by atoms with Gasteiger partial charge in [-0.25, -0.2) is 0 Å². The van der Waals surface area contributed by atoms with Gasteiger partial charge in [0.1, 0.15) is 0 Å². The number of nitrogens with one attached hydrogen (secondary N) is 1. The molecule has 0 atom stereocenters. The smallest absolute Gasteiger partial charge is 0.233 e. The standard InChI is InChI=1S/C13H16BrClN6/c1-3-21(4-2)13-19-11(16)18-12(20-13)17-10-6-5-8(15)7-9(10)14/h5-7H,3-4H2,1-2H3,(H3,16,17,18,19,20). The van der Waals surface area contributed by atoms with Crippen molar-refractivity contribution in [2.24, 2.45) is 0 Å². The van der Waals surface area contributed by atoms with E-state index < -0.39 is 0 Å². The van der Waals surface area contributed by atoms with E-state index in [0.717, 1.165) is 23.2 Å². The van der Waals surface area contributed by atoms with Crippen LogP contribution >= 0.6 is 27.5 Å². The number of aromatic nitrogens is 3. The Balaban J connectivity index is 2.31. The summed E-state index contributed by atoms with van der Waals surface area (Å²) in [5.74, 6) is 1.13.